The zero-order chi connectivity index (χ0) is 21.8. The van der Waals surface area contributed by atoms with Gasteiger partial charge in [0.25, 0.3) is 0 Å². The smallest absolute Gasteiger partial charge is 0.237 e. The molecule has 2 saturated heterocycles. The summed E-state index contributed by atoms with van der Waals surface area (Å²) < 4.78 is 20.6. The summed E-state index contributed by atoms with van der Waals surface area (Å²) >= 11 is 7.48. The third-order valence-electron chi connectivity index (χ3n) is 5.86. The van der Waals surface area contributed by atoms with E-state index in [1.54, 1.807) is 13.2 Å². The molecule has 0 aromatic rings. The molecule has 9 atom stereocenters. The van der Waals surface area contributed by atoms with Crippen molar-refractivity contribution in [3.05, 3.63) is 0 Å². The van der Waals surface area contributed by atoms with E-state index in [2.05, 4.69) is 10.6 Å². The molecule has 1 unspecified atom stereocenters. The summed E-state index contributed by atoms with van der Waals surface area (Å²) in [5.41, 5.74) is -2.02. The highest BCUT2D eigenvalue weighted by molar-refractivity contribution is 7.99. The van der Waals surface area contributed by atoms with Crippen LogP contribution in [0.2, 0.25) is 0 Å². The van der Waals surface area contributed by atoms with Crippen LogP contribution >= 0.6 is 23.4 Å². The Morgan fingerprint density at radius 1 is 1.34 bits per heavy atom. The van der Waals surface area contributed by atoms with E-state index in [1.165, 1.54) is 11.8 Å². The van der Waals surface area contributed by atoms with Crippen LogP contribution in [-0.2, 0) is 9.53 Å². The van der Waals surface area contributed by atoms with Gasteiger partial charge in [-0.15, -0.1) is 23.4 Å². The van der Waals surface area contributed by atoms with Gasteiger partial charge >= 0.3 is 0 Å². The van der Waals surface area contributed by atoms with Crippen molar-refractivity contribution in [1.82, 2.24) is 10.6 Å². The predicted molar refractivity (Wildman–Crippen MR) is 112 cm³/mol. The van der Waals surface area contributed by atoms with E-state index in [-0.39, 0.29) is 5.91 Å². The Bertz CT molecular complexity index is 547. The number of alkyl halides is 2. The van der Waals surface area contributed by atoms with Crippen LogP contribution in [0.1, 0.15) is 46.0 Å². The molecule has 1 amide bonds. The van der Waals surface area contributed by atoms with E-state index in [4.69, 9.17) is 16.3 Å². The number of carbonyl (C=O) groups is 1. The highest BCUT2D eigenvalue weighted by atomic mass is 35.5. The number of nitrogens with one attached hydrogen (secondary N) is 2. The minimum atomic E-state index is -1.42. The minimum absolute atomic E-state index is 0.301. The van der Waals surface area contributed by atoms with Crippen molar-refractivity contribution in [2.24, 2.45) is 0 Å². The van der Waals surface area contributed by atoms with Crippen molar-refractivity contribution in [2.75, 3.05) is 12.8 Å². The van der Waals surface area contributed by atoms with Gasteiger partial charge < -0.3 is 30.7 Å². The van der Waals surface area contributed by atoms with Crippen molar-refractivity contribution in [2.45, 2.75) is 98.9 Å². The maximum Gasteiger partial charge on any atom is 0.237 e. The lowest BCUT2D eigenvalue weighted by Gasteiger charge is -2.44. The summed E-state index contributed by atoms with van der Waals surface area (Å²) in [6.07, 6.45) is -1.12. The van der Waals surface area contributed by atoms with Gasteiger partial charge in [0.2, 0.25) is 5.91 Å². The van der Waals surface area contributed by atoms with Gasteiger partial charge in [-0.1, -0.05) is 13.3 Å². The normalized spacial score (nSPS) is 40.7. The van der Waals surface area contributed by atoms with Crippen LogP contribution in [0.5, 0.6) is 0 Å². The van der Waals surface area contributed by atoms with Gasteiger partial charge in [0.15, 0.2) is 0 Å². The molecule has 0 aromatic carbocycles. The van der Waals surface area contributed by atoms with Gasteiger partial charge in [0.1, 0.15) is 35.5 Å². The van der Waals surface area contributed by atoms with E-state index in [1.807, 2.05) is 6.92 Å². The van der Waals surface area contributed by atoms with Crippen LogP contribution in [0.15, 0.2) is 0 Å². The summed E-state index contributed by atoms with van der Waals surface area (Å²) in [6, 6.07) is -1.37. The number of halogens is 2. The molecule has 0 aromatic heterocycles. The lowest BCUT2D eigenvalue weighted by Crippen LogP contribution is -2.65. The lowest BCUT2D eigenvalue weighted by atomic mass is 9.90. The van der Waals surface area contributed by atoms with Gasteiger partial charge in [-0.3, -0.25) is 4.79 Å². The Hall–Kier alpha value is -0.160. The number of rotatable bonds is 7. The zero-order valence-corrected chi connectivity index (χ0v) is 18.8. The Labute approximate surface area is 181 Å². The van der Waals surface area contributed by atoms with Crippen molar-refractivity contribution < 1.29 is 29.2 Å². The van der Waals surface area contributed by atoms with Crippen LogP contribution in [0.4, 0.5) is 4.39 Å². The SMILES string of the molecule is CCCC1(F)CCN[C@H](C(=O)N[C@@H]([C@H]2O[C@H](SC)[C@H](O)[C@@H](O)[C@H]2O)[C@H](C)Cl)CC1. The molecule has 5 N–H and O–H groups in total. The van der Waals surface area contributed by atoms with Gasteiger partial charge in [-0.25, -0.2) is 4.39 Å². The van der Waals surface area contributed by atoms with Crippen LogP contribution in [0.3, 0.4) is 0 Å². The Morgan fingerprint density at radius 3 is 2.62 bits per heavy atom. The second-order valence-corrected chi connectivity index (χ2v) is 9.71. The van der Waals surface area contributed by atoms with Gasteiger partial charge in [-0.2, -0.15) is 0 Å². The van der Waals surface area contributed by atoms with Gasteiger partial charge in [0.05, 0.1) is 17.5 Å². The van der Waals surface area contributed by atoms with Crippen molar-refractivity contribution in [1.29, 1.82) is 0 Å². The molecule has 2 aliphatic heterocycles. The Kier molecular flexibility index (Phi) is 9.46. The van der Waals surface area contributed by atoms with Gasteiger partial charge in [0, 0.05) is 0 Å². The molecule has 29 heavy (non-hydrogen) atoms. The first-order chi connectivity index (χ1) is 13.6. The van der Waals surface area contributed by atoms with Crippen LogP contribution < -0.4 is 10.6 Å². The maximum atomic E-state index is 14.9. The number of aliphatic hydroxyl groups is 3. The number of aliphatic hydroxyl groups excluding tert-OH is 3. The Balaban J connectivity index is 2.07. The molecule has 0 aliphatic carbocycles. The lowest BCUT2D eigenvalue weighted by molar-refractivity contribution is -0.205. The van der Waals surface area contributed by atoms with Crippen LogP contribution in [0, 0.1) is 0 Å². The molecule has 0 spiro atoms. The molecule has 2 rings (SSSR count). The number of carbonyl (C=O) groups excluding carboxylic acids is 1. The zero-order valence-electron chi connectivity index (χ0n) is 17.2. The predicted octanol–water partition coefficient (Wildman–Crippen LogP) is 0.920. The standard InChI is InChI=1S/C19H34ClFN2O5S/c1-4-6-19(21)7-5-11(22-9-8-19)17(27)23-12(10(2)20)16-14(25)13(24)15(26)18(28-16)29-3/h10-16,18,22,24-26H,4-9H2,1-3H3,(H,23,27)/t10-,11-,12+,13-,14+,15+,16+,18+,19?/m0/s1. The first-order valence-electron chi connectivity index (χ1n) is 10.2. The van der Waals surface area contributed by atoms with Gasteiger partial charge in [-0.05, 0) is 45.4 Å². The third-order valence-corrected chi connectivity index (χ3v) is 6.98. The largest absolute Gasteiger partial charge is 0.388 e. The Morgan fingerprint density at radius 2 is 2.03 bits per heavy atom. The first-order valence-corrected chi connectivity index (χ1v) is 11.9. The summed E-state index contributed by atoms with van der Waals surface area (Å²) in [5, 5.41) is 35.9. The summed E-state index contributed by atoms with van der Waals surface area (Å²) in [4.78, 5) is 12.9. The molecule has 170 valence electrons. The molecular weight excluding hydrogens is 423 g/mol. The fourth-order valence-corrected chi connectivity index (χ4v) is 5.00. The van der Waals surface area contributed by atoms with Crippen molar-refractivity contribution >= 4 is 29.3 Å². The molecule has 7 nitrogen and oxygen atoms in total. The summed E-state index contributed by atoms with van der Waals surface area (Å²) in [6.45, 7) is 4.00. The number of amides is 1. The molecule has 0 saturated carbocycles. The van der Waals surface area contributed by atoms with E-state index in [0.29, 0.717) is 32.2 Å². The number of hydrogen-bond acceptors (Lipinski definition) is 7. The van der Waals surface area contributed by atoms with E-state index in [9.17, 15) is 24.5 Å². The summed E-state index contributed by atoms with van der Waals surface area (Å²) in [5.74, 6) is -0.347. The minimum Gasteiger partial charge on any atom is -0.388 e. The third kappa shape index (κ3) is 6.18. The molecule has 0 radical (unpaired) electrons. The monoisotopic (exact) mass is 456 g/mol. The average Bonchev–Trinajstić information content (AvgIpc) is 2.87. The first kappa shape index (κ1) is 25.1. The van der Waals surface area contributed by atoms with Crippen molar-refractivity contribution in [3.8, 4) is 0 Å². The highest BCUT2D eigenvalue weighted by Crippen LogP contribution is 2.32. The van der Waals surface area contributed by atoms with E-state index in [0.717, 1.165) is 6.42 Å². The highest BCUT2D eigenvalue weighted by Gasteiger charge is 2.48. The topological polar surface area (TPSA) is 111 Å². The fourth-order valence-electron chi connectivity index (χ4n) is 4.11. The van der Waals surface area contributed by atoms with E-state index >= 15 is 0 Å². The number of hydrogen-bond donors (Lipinski definition) is 5. The second kappa shape index (κ2) is 10.9. The van der Waals surface area contributed by atoms with E-state index < -0.39 is 53.0 Å². The fraction of sp³-hybridized carbons (Fsp3) is 0.947. The average molecular weight is 457 g/mol. The second-order valence-electron chi connectivity index (χ2n) is 8.08. The molecular formula is C19H34ClFN2O5S. The van der Waals surface area contributed by atoms with Crippen LogP contribution in [-0.4, -0.2) is 87.0 Å². The molecule has 10 heteroatoms. The van der Waals surface area contributed by atoms with Crippen molar-refractivity contribution in [3.63, 3.8) is 0 Å². The summed E-state index contributed by atoms with van der Waals surface area (Å²) in [7, 11) is 0. The number of thioether (sulfide) groups is 1. The quantitative estimate of drug-likeness (QED) is 0.362. The number of ether oxygens (including phenoxy) is 1. The molecule has 2 aliphatic rings. The molecule has 2 heterocycles. The molecule has 2 fully saturated rings. The van der Waals surface area contributed by atoms with Crippen LogP contribution in [0.25, 0.3) is 0 Å². The molecule has 0 bridgehead atoms. The maximum absolute atomic E-state index is 14.9.